The highest BCUT2D eigenvalue weighted by atomic mass is 19.2. The van der Waals surface area contributed by atoms with Crippen LogP contribution in [0.15, 0.2) is 0 Å². The molecule has 4 fully saturated rings. The van der Waals surface area contributed by atoms with Crippen LogP contribution < -0.4 is 0 Å². The van der Waals surface area contributed by atoms with E-state index in [0.717, 1.165) is 48.9 Å². The van der Waals surface area contributed by atoms with E-state index in [9.17, 15) is 8.78 Å². The zero-order valence-corrected chi connectivity index (χ0v) is 21.7. The van der Waals surface area contributed by atoms with Gasteiger partial charge in [0.15, 0.2) is 6.17 Å². The maximum absolute atomic E-state index is 14.8. The minimum absolute atomic E-state index is 0.0693. The first kappa shape index (κ1) is 25.9. The van der Waals surface area contributed by atoms with Crippen molar-refractivity contribution >= 4 is 0 Å². The summed E-state index contributed by atoms with van der Waals surface area (Å²) >= 11 is 0. The molecular weight excluding hydrogens is 414 g/mol. The monoisotopic (exact) mass is 466 g/mol. The molecule has 4 aliphatic carbocycles. The van der Waals surface area contributed by atoms with E-state index in [1.807, 2.05) is 0 Å². The molecule has 4 atom stereocenters. The first-order valence-corrected chi connectivity index (χ1v) is 14.9. The van der Waals surface area contributed by atoms with Gasteiger partial charge in [-0.05, 0) is 92.8 Å². The second-order valence-electron chi connectivity index (χ2n) is 12.6. The maximum Gasteiger partial charge on any atom is 0.157 e. The van der Waals surface area contributed by atoms with Crippen molar-refractivity contribution < 1.29 is 13.5 Å². The maximum atomic E-state index is 14.8. The van der Waals surface area contributed by atoms with Crippen molar-refractivity contribution in [1.29, 1.82) is 0 Å². The lowest BCUT2D eigenvalue weighted by Gasteiger charge is -2.43. The van der Waals surface area contributed by atoms with Crippen molar-refractivity contribution in [2.24, 2.45) is 41.4 Å². The van der Waals surface area contributed by atoms with Gasteiger partial charge in [0.2, 0.25) is 0 Å². The summed E-state index contributed by atoms with van der Waals surface area (Å²) in [4.78, 5) is 0. The summed E-state index contributed by atoms with van der Waals surface area (Å²) < 4.78 is 34.3. The Morgan fingerprint density at radius 3 is 1.52 bits per heavy atom. The summed E-state index contributed by atoms with van der Waals surface area (Å²) in [6, 6.07) is 0. The minimum Gasteiger partial charge on any atom is -0.378 e. The number of methoxy groups -OCH3 is 1. The molecule has 4 unspecified atom stereocenters. The molecule has 0 spiro atoms. The molecule has 4 saturated carbocycles. The molecule has 0 amide bonds. The number of rotatable bonds is 8. The van der Waals surface area contributed by atoms with E-state index in [1.165, 1.54) is 97.0 Å². The van der Waals surface area contributed by atoms with Crippen LogP contribution in [0.1, 0.15) is 122 Å². The van der Waals surface area contributed by atoms with Gasteiger partial charge >= 0.3 is 0 Å². The van der Waals surface area contributed by atoms with Crippen LogP contribution in [0.4, 0.5) is 8.78 Å². The van der Waals surface area contributed by atoms with Crippen LogP contribution in [0.5, 0.6) is 0 Å². The summed E-state index contributed by atoms with van der Waals surface area (Å²) in [6.45, 7) is 2.34. The standard InChI is InChI=1S/C30H52F2O/c1-3-4-21-5-7-22(8-6-21)9-10-23-11-13-24(14-12-23)25-15-17-26(18-16-25)27-19-20-28(33-2)30(32)29(27)31/h21-30H,3-20H2,1-2H3. The first-order valence-electron chi connectivity index (χ1n) is 14.9. The van der Waals surface area contributed by atoms with Crippen molar-refractivity contribution in [3.63, 3.8) is 0 Å². The van der Waals surface area contributed by atoms with E-state index in [4.69, 9.17) is 4.74 Å². The SMILES string of the molecule is CCCC1CCC(CCC2CCC(C3CCC(C4CCC(OC)C(F)C4F)CC3)CC2)CC1. The predicted octanol–water partition coefficient (Wildman–Crippen LogP) is 9.09. The number of ether oxygens (including phenoxy) is 1. The highest BCUT2D eigenvalue weighted by Gasteiger charge is 2.44. The molecule has 1 nitrogen and oxygen atoms in total. The number of halogens is 2. The molecule has 0 radical (unpaired) electrons. The average molecular weight is 467 g/mol. The fourth-order valence-corrected chi connectivity index (χ4v) is 8.54. The number of alkyl halides is 2. The van der Waals surface area contributed by atoms with Crippen LogP contribution in [0.2, 0.25) is 0 Å². The molecule has 0 aromatic carbocycles. The molecule has 0 aromatic heterocycles. The number of hydrogen-bond acceptors (Lipinski definition) is 1. The Morgan fingerprint density at radius 2 is 1.00 bits per heavy atom. The average Bonchev–Trinajstić information content (AvgIpc) is 2.86. The van der Waals surface area contributed by atoms with Gasteiger partial charge in [-0.1, -0.05) is 71.1 Å². The normalized spacial score (nSPS) is 45.1. The topological polar surface area (TPSA) is 9.23 Å². The molecule has 4 rings (SSSR count). The molecule has 0 saturated heterocycles. The van der Waals surface area contributed by atoms with E-state index >= 15 is 0 Å². The lowest BCUT2D eigenvalue weighted by atomic mass is 9.64. The van der Waals surface area contributed by atoms with Gasteiger partial charge < -0.3 is 4.74 Å². The quantitative estimate of drug-likeness (QED) is 0.346. The third-order valence-corrected chi connectivity index (χ3v) is 10.8. The van der Waals surface area contributed by atoms with E-state index in [1.54, 1.807) is 0 Å². The molecule has 0 bridgehead atoms. The molecule has 0 aromatic rings. The molecule has 0 heterocycles. The number of hydrogen-bond donors (Lipinski definition) is 0. The van der Waals surface area contributed by atoms with Gasteiger partial charge in [0, 0.05) is 7.11 Å². The van der Waals surface area contributed by atoms with E-state index in [-0.39, 0.29) is 5.92 Å². The molecule has 192 valence electrons. The van der Waals surface area contributed by atoms with E-state index < -0.39 is 18.4 Å². The van der Waals surface area contributed by atoms with Crippen LogP contribution in [0.3, 0.4) is 0 Å². The van der Waals surface area contributed by atoms with Gasteiger partial charge in [0.1, 0.15) is 6.17 Å². The van der Waals surface area contributed by atoms with Crippen molar-refractivity contribution in [3.05, 3.63) is 0 Å². The van der Waals surface area contributed by atoms with Crippen LogP contribution >= 0.6 is 0 Å². The van der Waals surface area contributed by atoms with Gasteiger partial charge in [-0.3, -0.25) is 0 Å². The third kappa shape index (κ3) is 6.73. The molecule has 33 heavy (non-hydrogen) atoms. The molecule has 0 N–H and O–H groups in total. The van der Waals surface area contributed by atoms with Gasteiger partial charge in [-0.15, -0.1) is 0 Å². The highest BCUT2D eigenvalue weighted by Crippen LogP contribution is 2.47. The highest BCUT2D eigenvalue weighted by molar-refractivity contribution is 4.94. The lowest BCUT2D eigenvalue weighted by Crippen LogP contribution is -2.45. The summed E-state index contributed by atoms with van der Waals surface area (Å²) in [5.41, 5.74) is 0. The summed E-state index contributed by atoms with van der Waals surface area (Å²) in [5, 5.41) is 0. The minimum atomic E-state index is -1.42. The largest absolute Gasteiger partial charge is 0.378 e. The van der Waals surface area contributed by atoms with Crippen molar-refractivity contribution in [2.75, 3.05) is 7.11 Å². The van der Waals surface area contributed by atoms with Crippen molar-refractivity contribution in [3.8, 4) is 0 Å². The third-order valence-electron chi connectivity index (χ3n) is 10.8. The van der Waals surface area contributed by atoms with Gasteiger partial charge in [-0.2, -0.15) is 0 Å². The Balaban J connectivity index is 1.12. The Hall–Kier alpha value is -0.180. The van der Waals surface area contributed by atoms with Crippen molar-refractivity contribution in [2.45, 2.75) is 141 Å². The smallest absolute Gasteiger partial charge is 0.157 e. The van der Waals surface area contributed by atoms with Crippen molar-refractivity contribution in [1.82, 2.24) is 0 Å². The molecule has 4 aliphatic rings. The van der Waals surface area contributed by atoms with Gasteiger partial charge in [0.05, 0.1) is 6.10 Å². The van der Waals surface area contributed by atoms with Crippen LogP contribution in [0, 0.1) is 41.4 Å². The Labute approximate surface area is 203 Å². The van der Waals surface area contributed by atoms with Crippen LogP contribution in [0.25, 0.3) is 0 Å². The van der Waals surface area contributed by atoms with E-state index in [0.29, 0.717) is 12.3 Å². The van der Waals surface area contributed by atoms with Crippen LogP contribution in [-0.4, -0.2) is 25.6 Å². The van der Waals surface area contributed by atoms with E-state index in [2.05, 4.69) is 6.92 Å². The van der Waals surface area contributed by atoms with Crippen LogP contribution in [-0.2, 0) is 4.74 Å². The fraction of sp³-hybridized carbons (Fsp3) is 1.00. The summed E-state index contributed by atoms with van der Waals surface area (Å²) in [6.07, 6.45) is 20.5. The lowest BCUT2D eigenvalue weighted by molar-refractivity contribution is -0.0729. The fourth-order valence-electron chi connectivity index (χ4n) is 8.54. The molecule has 3 heteroatoms. The zero-order chi connectivity index (χ0) is 23.2. The van der Waals surface area contributed by atoms with Gasteiger partial charge in [-0.25, -0.2) is 8.78 Å². The second-order valence-corrected chi connectivity index (χ2v) is 12.6. The molecular formula is C30H52F2O. The molecule has 0 aliphatic heterocycles. The summed E-state index contributed by atoms with van der Waals surface area (Å²) in [5.74, 6) is 5.13. The zero-order valence-electron chi connectivity index (χ0n) is 21.7. The van der Waals surface area contributed by atoms with Gasteiger partial charge in [0.25, 0.3) is 0 Å². The predicted molar refractivity (Wildman–Crippen MR) is 134 cm³/mol. The Bertz CT molecular complexity index is 543. The Morgan fingerprint density at radius 1 is 0.545 bits per heavy atom. The summed E-state index contributed by atoms with van der Waals surface area (Å²) in [7, 11) is 1.52. The first-order chi connectivity index (χ1) is 16.1. The Kier molecular flexibility index (Phi) is 9.95. The second kappa shape index (κ2) is 12.7.